The number of hydrogen-bond acceptors (Lipinski definition) is 7. The van der Waals surface area contributed by atoms with Gasteiger partial charge in [-0.1, -0.05) is 6.07 Å². The lowest BCUT2D eigenvalue weighted by atomic mass is 9.97. The molecule has 0 aliphatic carbocycles. The fraction of sp³-hybridized carbons (Fsp3) is 0.292. The Balaban J connectivity index is 0.00000400. The number of aromatic nitrogens is 1. The summed E-state index contributed by atoms with van der Waals surface area (Å²) in [4.78, 5) is 31.0. The number of aliphatic carboxylic acids is 1. The van der Waals surface area contributed by atoms with Gasteiger partial charge in [-0.3, -0.25) is 14.6 Å². The van der Waals surface area contributed by atoms with E-state index in [4.69, 9.17) is 0 Å². The quantitative estimate of drug-likeness (QED) is 0.440. The molecule has 3 aromatic rings. The number of pyridine rings is 1. The molecule has 1 N–H and O–H groups in total. The summed E-state index contributed by atoms with van der Waals surface area (Å²) in [6.45, 7) is -0.114. The molecule has 0 spiro atoms. The maximum atomic E-state index is 13.6. The van der Waals surface area contributed by atoms with Crippen molar-refractivity contribution in [2.24, 2.45) is 0 Å². The van der Waals surface area contributed by atoms with Gasteiger partial charge in [-0.05, 0) is 60.5 Å². The van der Waals surface area contributed by atoms with Crippen LogP contribution in [-0.4, -0.2) is 60.5 Å². The number of carbonyl (C=O) groups excluding carboxylic acids is 1. The molecule has 1 aromatic carbocycles. The summed E-state index contributed by atoms with van der Waals surface area (Å²) in [6, 6.07) is 13.0. The van der Waals surface area contributed by atoms with Crippen molar-refractivity contribution in [1.29, 1.82) is 0 Å². The molecule has 1 saturated heterocycles. The van der Waals surface area contributed by atoms with Crippen LogP contribution in [0, 0.1) is 0 Å². The average Bonchev–Trinajstić information content (AvgIpc) is 3.28. The van der Waals surface area contributed by atoms with Gasteiger partial charge in [-0.15, -0.1) is 36.9 Å². The molecule has 0 unspecified atom stereocenters. The zero-order chi connectivity index (χ0) is 26.8. The smallest absolute Gasteiger partial charge is 0.481 e. The molecular formula is C24H22ClF3N2O6S2. The summed E-state index contributed by atoms with van der Waals surface area (Å²) >= 11 is 1.05. The number of sulfone groups is 1. The largest absolute Gasteiger partial charge is 0.573 e. The van der Waals surface area contributed by atoms with Crippen LogP contribution in [0.4, 0.5) is 13.2 Å². The Hall–Kier alpha value is -3.16. The van der Waals surface area contributed by atoms with Crippen molar-refractivity contribution in [2.75, 3.05) is 18.8 Å². The van der Waals surface area contributed by atoms with E-state index in [9.17, 15) is 36.3 Å². The van der Waals surface area contributed by atoms with Gasteiger partial charge in [0.2, 0.25) is 0 Å². The van der Waals surface area contributed by atoms with Gasteiger partial charge < -0.3 is 14.7 Å². The molecule has 8 nitrogen and oxygen atoms in total. The zero-order valence-electron chi connectivity index (χ0n) is 19.6. The van der Waals surface area contributed by atoms with E-state index in [0.717, 1.165) is 23.5 Å². The number of carboxylic acids is 1. The van der Waals surface area contributed by atoms with Crippen LogP contribution in [0.25, 0.3) is 10.4 Å². The number of rotatable bonds is 6. The lowest BCUT2D eigenvalue weighted by Gasteiger charge is -2.29. The highest BCUT2D eigenvalue weighted by Crippen LogP contribution is 2.45. The van der Waals surface area contributed by atoms with Crippen LogP contribution in [0.5, 0.6) is 5.75 Å². The highest BCUT2D eigenvalue weighted by atomic mass is 35.5. The monoisotopic (exact) mass is 590 g/mol. The minimum Gasteiger partial charge on any atom is -0.481 e. The van der Waals surface area contributed by atoms with Crippen LogP contribution < -0.4 is 4.74 Å². The molecule has 1 fully saturated rings. The molecule has 2 aromatic heterocycles. The fourth-order valence-electron chi connectivity index (χ4n) is 4.23. The number of benzene rings is 1. The van der Waals surface area contributed by atoms with E-state index in [-0.39, 0.29) is 42.5 Å². The molecule has 1 atom stereocenters. The van der Waals surface area contributed by atoms with Gasteiger partial charge in [-0.2, -0.15) is 0 Å². The topological polar surface area (TPSA) is 114 Å². The first kappa shape index (κ1) is 29.4. The van der Waals surface area contributed by atoms with Crippen LogP contribution in [0.15, 0.2) is 60.8 Å². The van der Waals surface area contributed by atoms with Crippen LogP contribution in [0.2, 0.25) is 0 Å². The van der Waals surface area contributed by atoms with Crippen LogP contribution in [0.3, 0.4) is 0 Å². The molecule has 0 saturated carbocycles. The molecule has 4 rings (SSSR count). The average molecular weight is 591 g/mol. The van der Waals surface area contributed by atoms with E-state index in [1.807, 2.05) is 0 Å². The van der Waals surface area contributed by atoms with E-state index in [2.05, 4.69) is 9.72 Å². The maximum absolute atomic E-state index is 13.6. The van der Waals surface area contributed by atoms with Gasteiger partial charge >= 0.3 is 12.3 Å². The Labute approximate surface area is 226 Å². The second-order valence-corrected chi connectivity index (χ2v) is 11.9. The molecule has 3 heterocycles. The lowest BCUT2D eigenvalue weighted by Crippen LogP contribution is -2.39. The number of halogens is 4. The van der Waals surface area contributed by atoms with Crippen molar-refractivity contribution in [3.63, 3.8) is 0 Å². The van der Waals surface area contributed by atoms with Crippen molar-refractivity contribution in [3.05, 3.63) is 71.4 Å². The number of carbonyl (C=O) groups is 2. The number of alkyl halides is 3. The first-order valence-corrected chi connectivity index (χ1v) is 13.5. The van der Waals surface area contributed by atoms with Gasteiger partial charge in [-0.25, -0.2) is 8.42 Å². The Morgan fingerprint density at radius 2 is 1.79 bits per heavy atom. The molecule has 14 heteroatoms. The molecule has 1 amide bonds. The Kier molecular flexibility index (Phi) is 8.74. The van der Waals surface area contributed by atoms with Gasteiger partial charge in [0.15, 0.2) is 9.84 Å². The van der Waals surface area contributed by atoms with Crippen molar-refractivity contribution >= 4 is 45.5 Å². The third-order valence-corrected chi connectivity index (χ3v) is 9.99. The summed E-state index contributed by atoms with van der Waals surface area (Å²) in [5.41, 5.74) is 0.663. The first-order chi connectivity index (χ1) is 17.4. The van der Waals surface area contributed by atoms with Crippen molar-refractivity contribution in [2.45, 2.75) is 24.0 Å². The highest BCUT2D eigenvalue weighted by molar-refractivity contribution is 7.92. The summed E-state index contributed by atoms with van der Waals surface area (Å²) in [5.74, 6) is -2.60. The highest BCUT2D eigenvalue weighted by Gasteiger charge is 2.50. The predicted octanol–water partition coefficient (Wildman–Crippen LogP) is 4.76. The standard InChI is InChI=1S/C24H21F3N2O6S2.ClH/c25-24(26,27)35-17-6-4-16(5-7-17)19-8-9-20(36-19)23(15-21(30)31)10-12-29(13-14-37(23,33)34)22(32)18-3-1-2-11-28-18;/h1-9,11H,10,12-15H2,(H,30,31);1H/t23-;/m0./s1. The minimum absolute atomic E-state index is 0. The molecular weight excluding hydrogens is 569 g/mol. The van der Waals surface area contributed by atoms with E-state index >= 15 is 0 Å². The van der Waals surface area contributed by atoms with Crippen LogP contribution >= 0.6 is 23.7 Å². The van der Waals surface area contributed by atoms with Crippen molar-refractivity contribution in [3.8, 4) is 16.2 Å². The number of thiophene rings is 1. The Bertz CT molecular complexity index is 1400. The molecule has 0 radical (unpaired) electrons. The van der Waals surface area contributed by atoms with Crippen molar-refractivity contribution < 1.29 is 41.0 Å². The molecule has 1 aliphatic rings. The number of nitrogens with zero attached hydrogens (tertiary/aromatic N) is 2. The third kappa shape index (κ3) is 6.27. The van der Waals surface area contributed by atoms with Gasteiger partial charge in [0.05, 0.1) is 12.2 Å². The minimum atomic E-state index is -4.83. The van der Waals surface area contributed by atoms with Gasteiger partial charge in [0.25, 0.3) is 5.91 Å². The Morgan fingerprint density at radius 1 is 1.08 bits per heavy atom. The molecule has 204 valence electrons. The maximum Gasteiger partial charge on any atom is 0.573 e. The van der Waals surface area contributed by atoms with E-state index in [1.165, 1.54) is 35.4 Å². The van der Waals surface area contributed by atoms with Gasteiger partial charge in [0.1, 0.15) is 16.2 Å². The predicted molar refractivity (Wildman–Crippen MR) is 136 cm³/mol. The number of ether oxygens (including phenoxy) is 1. The lowest BCUT2D eigenvalue weighted by molar-refractivity contribution is -0.274. The number of carboxylic acid groups (broad SMARTS) is 1. The van der Waals surface area contributed by atoms with Crippen molar-refractivity contribution in [1.82, 2.24) is 9.88 Å². The normalized spacial score (nSPS) is 19.2. The summed E-state index contributed by atoms with van der Waals surface area (Å²) in [6.07, 6.45) is -4.22. The zero-order valence-corrected chi connectivity index (χ0v) is 22.0. The summed E-state index contributed by atoms with van der Waals surface area (Å²) in [5, 5.41) is 9.66. The van der Waals surface area contributed by atoms with Crippen LogP contribution in [-0.2, 0) is 19.4 Å². The molecule has 1 aliphatic heterocycles. The third-order valence-electron chi connectivity index (χ3n) is 6.05. The molecule has 0 bridgehead atoms. The van der Waals surface area contributed by atoms with Crippen LogP contribution in [0.1, 0.15) is 28.2 Å². The number of amides is 1. The SMILES string of the molecule is Cl.O=C(O)C[C@]1(c2ccc(-c3ccc(OC(F)(F)F)cc3)s2)CCN(C(=O)c2ccccn2)CCS1(=O)=O. The Morgan fingerprint density at radius 3 is 2.39 bits per heavy atom. The van der Waals surface area contributed by atoms with E-state index in [1.54, 1.807) is 18.2 Å². The first-order valence-electron chi connectivity index (χ1n) is 11.0. The summed E-state index contributed by atoms with van der Waals surface area (Å²) in [7, 11) is -4.04. The van der Waals surface area contributed by atoms with E-state index in [0.29, 0.717) is 10.4 Å². The molecule has 38 heavy (non-hydrogen) atoms. The second-order valence-electron chi connectivity index (χ2n) is 8.38. The van der Waals surface area contributed by atoms with E-state index < -0.39 is 50.7 Å². The van der Waals surface area contributed by atoms with Gasteiger partial charge in [0, 0.05) is 29.0 Å². The second kappa shape index (κ2) is 11.3. The summed E-state index contributed by atoms with van der Waals surface area (Å²) < 4.78 is 66.6. The fourth-order valence-corrected chi connectivity index (χ4v) is 7.83. The number of hydrogen-bond donors (Lipinski definition) is 1.